The van der Waals surface area contributed by atoms with Gasteiger partial charge in [-0.3, -0.25) is 9.56 Å². The van der Waals surface area contributed by atoms with Gasteiger partial charge in [0.1, 0.15) is 12.2 Å². The van der Waals surface area contributed by atoms with Gasteiger partial charge >= 0.3 is 0 Å². The molecule has 4 rings (SSSR count). The first-order valence-corrected chi connectivity index (χ1v) is 6.73. The average molecular weight is 262 g/mol. The maximum Gasteiger partial charge on any atom is 0.128 e. The van der Waals surface area contributed by atoms with Crippen LogP contribution in [-0.2, 0) is 0 Å². The van der Waals surface area contributed by atoms with Crippen LogP contribution in [0.4, 0.5) is 0 Å². The van der Waals surface area contributed by atoms with E-state index < -0.39 is 0 Å². The van der Waals surface area contributed by atoms with Gasteiger partial charge in [-0.1, -0.05) is 12.1 Å². The van der Waals surface area contributed by atoms with Gasteiger partial charge in [0.25, 0.3) is 0 Å². The van der Waals surface area contributed by atoms with Gasteiger partial charge in [-0.15, -0.1) is 0 Å². The lowest BCUT2D eigenvalue weighted by atomic mass is 10.2. The maximum atomic E-state index is 4.43. The number of nitrogens with one attached hydrogen (secondary N) is 1. The molecule has 0 amide bonds. The summed E-state index contributed by atoms with van der Waals surface area (Å²) in [6.45, 7) is 1.80. The summed E-state index contributed by atoms with van der Waals surface area (Å²) in [5.74, 6) is 0.993. The van der Waals surface area contributed by atoms with Gasteiger partial charge in [0.05, 0.1) is 17.6 Å². The molecular formula is C16H14N4. The van der Waals surface area contributed by atoms with Crippen LogP contribution in [0.15, 0.2) is 59.9 Å². The van der Waals surface area contributed by atoms with E-state index in [0.29, 0.717) is 0 Å². The van der Waals surface area contributed by atoms with Crippen molar-refractivity contribution in [3.05, 3.63) is 60.4 Å². The molecule has 4 heteroatoms. The van der Waals surface area contributed by atoms with Gasteiger partial charge in [-0.25, -0.2) is 4.98 Å². The number of aliphatic imine (C=N–C) groups is 1. The highest BCUT2D eigenvalue weighted by molar-refractivity contribution is 5.99. The number of hydrogen-bond donors (Lipinski definition) is 1. The van der Waals surface area contributed by atoms with E-state index in [9.17, 15) is 0 Å². The Labute approximate surface area is 116 Å². The Bertz CT molecular complexity index is 784. The molecule has 98 valence electrons. The monoisotopic (exact) mass is 262 g/mol. The minimum Gasteiger partial charge on any atom is -0.368 e. The Hall–Kier alpha value is -2.62. The van der Waals surface area contributed by atoms with Crippen molar-refractivity contribution in [2.75, 3.05) is 13.1 Å². The van der Waals surface area contributed by atoms with Crippen LogP contribution in [0.5, 0.6) is 0 Å². The first kappa shape index (κ1) is 11.2. The molecule has 0 aliphatic carbocycles. The molecule has 1 aliphatic rings. The summed E-state index contributed by atoms with van der Waals surface area (Å²) in [4.78, 5) is 8.86. The third kappa shape index (κ3) is 1.77. The molecule has 20 heavy (non-hydrogen) atoms. The fourth-order valence-electron chi connectivity index (χ4n) is 2.54. The fourth-order valence-corrected chi connectivity index (χ4v) is 2.54. The molecule has 0 saturated carbocycles. The molecule has 1 aromatic heterocycles. The normalized spacial score (nSPS) is 14.3. The van der Waals surface area contributed by atoms with Gasteiger partial charge in [-0.2, -0.15) is 0 Å². The number of hydrogen-bond acceptors (Lipinski definition) is 3. The fraction of sp³-hybridized carbons (Fsp3) is 0.125. The summed E-state index contributed by atoms with van der Waals surface area (Å²) < 4.78 is 2.10. The van der Waals surface area contributed by atoms with Crippen LogP contribution in [0.25, 0.3) is 16.7 Å². The van der Waals surface area contributed by atoms with Crippen LogP contribution in [0, 0.1) is 0 Å². The van der Waals surface area contributed by atoms with E-state index in [4.69, 9.17) is 0 Å². The number of para-hydroxylation sites is 2. The lowest BCUT2D eigenvalue weighted by Gasteiger charge is -2.06. The zero-order valence-electron chi connectivity index (χ0n) is 11.0. The Kier molecular flexibility index (Phi) is 2.52. The molecule has 0 spiro atoms. The maximum absolute atomic E-state index is 4.43. The van der Waals surface area contributed by atoms with Crippen molar-refractivity contribution in [2.24, 2.45) is 4.99 Å². The highest BCUT2D eigenvalue weighted by Crippen LogP contribution is 2.18. The average Bonchev–Trinajstić information content (AvgIpc) is 3.17. The van der Waals surface area contributed by atoms with E-state index in [1.54, 1.807) is 0 Å². The molecule has 2 heterocycles. The number of rotatable bonds is 2. The van der Waals surface area contributed by atoms with Crippen molar-refractivity contribution in [1.82, 2.24) is 14.9 Å². The van der Waals surface area contributed by atoms with Crippen molar-refractivity contribution in [3.8, 4) is 5.69 Å². The van der Waals surface area contributed by atoms with E-state index >= 15 is 0 Å². The number of nitrogens with zero attached hydrogens (tertiary/aromatic N) is 3. The van der Waals surface area contributed by atoms with Crippen molar-refractivity contribution in [1.29, 1.82) is 0 Å². The van der Waals surface area contributed by atoms with Crippen LogP contribution in [0.2, 0.25) is 0 Å². The minimum atomic E-state index is 0.864. The zero-order chi connectivity index (χ0) is 13.4. The molecule has 1 aliphatic heterocycles. The lowest BCUT2D eigenvalue weighted by Crippen LogP contribution is -2.19. The summed E-state index contributed by atoms with van der Waals surface area (Å²) in [5.41, 5.74) is 4.38. The quantitative estimate of drug-likeness (QED) is 0.770. The second-order valence-corrected chi connectivity index (χ2v) is 4.81. The first-order chi connectivity index (χ1) is 9.92. The highest BCUT2D eigenvalue weighted by Gasteiger charge is 2.08. The predicted octanol–water partition coefficient (Wildman–Crippen LogP) is 2.38. The van der Waals surface area contributed by atoms with Gasteiger partial charge in [0, 0.05) is 17.8 Å². The molecule has 0 bridgehead atoms. The molecular weight excluding hydrogens is 248 g/mol. The zero-order valence-corrected chi connectivity index (χ0v) is 11.0. The predicted molar refractivity (Wildman–Crippen MR) is 80.5 cm³/mol. The van der Waals surface area contributed by atoms with Crippen molar-refractivity contribution in [2.45, 2.75) is 0 Å². The SMILES string of the molecule is c1ccc2c(c1)ncn2-c1ccc(C2=NCCN2)cc1. The third-order valence-electron chi connectivity index (χ3n) is 3.55. The topological polar surface area (TPSA) is 42.2 Å². The second kappa shape index (κ2) is 4.49. The molecule has 2 aromatic carbocycles. The summed E-state index contributed by atoms with van der Waals surface area (Å²) in [6.07, 6.45) is 1.87. The lowest BCUT2D eigenvalue weighted by molar-refractivity contribution is 0.960. The van der Waals surface area contributed by atoms with Crippen molar-refractivity contribution >= 4 is 16.9 Å². The van der Waals surface area contributed by atoms with Crippen LogP contribution in [-0.4, -0.2) is 28.5 Å². The molecule has 1 N–H and O–H groups in total. The first-order valence-electron chi connectivity index (χ1n) is 6.73. The van der Waals surface area contributed by atoms with E-state index in [-0.39, 0.29) is 0 Å². The van der Waals surface area contributed by atoms with Crippen LogP contribution < -0.4 is 5.32 Å². The van der Waals surface area contributed by atoms with E-state index in [1.165, 1.54) is 0 Å². The Balaban J connectivity index is 1.75. The Morgan fingerprint density at radius 1 is 1.00 bits per heavy atom. The van der Waals surface area contributed by atoms with Gasteiger partial charge < -0.3 is 5.32 Å². The Morgan fingerprint density at radius 2 is 1.85 bits per heavy atom. The molecule has 0 atom stereocenters. The van der Waals surface area contributed by atoms with E-state index in [2.05, 4.69) is 50.2 Å². The van der Waals surface area contributed by atoms with Crippen LogP contribution in [0.3, 0.4) is 0 Å². The molecule has 0 radical (unpaired) electrons. The van der Waals surface area contributed by atoms with Gasteiger partial charge in [0.2, 0.25) is 0 Å². The van der Waals surface area contributed by atoms with Crippen LogP contribution >= 0.6 is 0 Å². The summed E-state index contributed by atoms with van der Waals surface area (Å²) in [6, 6.07) is 16.6. The highest BCUT2D eigenvalue weighted by atomic mass is 15.1. The van der Waals surface area contributed by atoms with Crippen molar-refractivity contribution < 1.29 is 0 Å². The molecule has 4 nitrogen and oxygen atoms in total. The third-order valence-corrected chi connectivity index (χ3v) is 3.55. The molecule has 0 unspecified atom stereocenters. The smallest absolute Gasteiger partial charge is 0.128 e. The molecule has 0 fully saturated rings. The number of aromatic nitrogens is 2. The summed E-state index contributed by atoms with van der Waals surface area (Å²) in [5, 5.41) is 3.29. The largest absolute Gasteiger partial charge is 0.368 e. The number of amidine groups is 1. The number of benzene rings is 2. The molecule has 3 aromatic rings. The van der Waals surface area contributed by atoms with Crippen LogP contribution in [0.1, 0.15) is 5.56 Å². The minimum absolute atomic E-state index is 0.864. The number of fused-ring (bicyclic) bond motifs is 1. The molecule has 0 saturated heterocycles. The van der Waals surface area contributed by atoms with Crippen molar-refractivity contribution in [3.63, 3.8) is 0 Å². The second-order valence-electron chi connectivity index (χ2n) is 4.81. The van der Waals surface area contributed by atoms with Gasteiger partial charge in [0.15, 0.2) is 0 Å². The number of imidazole rings is 1. The standard InChI is InChI=1S/C16H14N4/c1-2-4-15-14(3-1)19-11-20(15)13-7-5-12(6-8-13)16-17-9-10-18-16/h1-8,11H,9-10H2,(H,17,18). The van der Waals surface area contributed by atoms with E-state index in [0.717, 1.165) is 41.2 Å². The summed E-state index contributed by atoms with van der Waals surface area (Å²) >= 11 is 0. The summed E-state index contributed by atoms with van der Waals surface area (Å²) in [7, 11) is 0. The Morgan fingerprint density at radius 3 is 2.65 bits per heavy atom. The van der Waals surface area contributed by atoms with E-state index in [1.807, 2.05) is 24.5 Å². The van der Waals surface area contributed by atoms with Gasteiger partial charge in [-0.05, 0) is 36.4 Å².